The van der Waals surface area contributed by atoms with Crippen LogP contribution in [-0.4, -0.2) is 64.4 Å². The molecule has 1 aliphatic rings. The van der Waals surface area contributed by atoms with Gasteiger partial charge in [0.05, 0.1) is 24.9 Å². The molecular weight excluding hydrogens is 379 g/mol. The molecule has 158 valence electrons. The fraction of sp³-hybridized carbons (Fsp3) is 0.550. The molecule has 8 nitrogen and oxygen atoms in total. The van der Waals surface area contributed by atoms with Crippen molar-refractivity contribution in [2.45, 2.75) is 51.9 Å². The molecule has 0 unspecified atom stereocenters. The Morgan fingerprint density at radius 3 is 2.83 bits per heavy atom. The molecule has 2 atom stereocenters. The van der Waals surface area contributed by atoms with Crippen molar-refractivity contribution in [2.75, 3.05) is 25.0 Å². The number of aromatic nitrogens is 2. The van der Waals surface area contributed by atoms with Gasteiger partial charge in [0, 0.05) is 24.3 Å². The van der Waals surface area contributed by atoms with Gasteiger partial charge >= 0.3 is 12.1 Å². The molecule has 0 radical (unpaired) electrons. The maximum Gasteiger partial charge on any atom is 0.410 e. The van der Waals surface area contributed by atoms with Gasteiger partial charge in [0.2, 0.25) is 0 Å². The van der Waals surface area contributed by atoms with Crippen molar-refractivity contribution >= 4 is 28.8 Å². The van der Waals surface area contributed by atoms with E-state index in [2.05, 4.69) is 15.3 Å². The van der Waals surface area contributed by atoms with E-state index in [1.54, 1.807) is 40.0 Å². The first-order valence-corrected chi connectivity index (χ1v) is 9.71. The number of rotatable bonds is 4. The van der Waals surface area contributed by atoms with Gasteiger partial charge in [0.15, 0.2) is 0 Å². The van der Waals surface area contributed by atoms with Crippen LogP contribution in [0.2, 0.25) is 0 Å². The van der Waals surface area contributed by atoms with E-state index in [9.17, 15) is 14.0 Å². The molecule has 0 aromatic carbocycles. The summed E-state index contributed by atoms with van der Waals surface area (Å²) in [5.74, 6) is -0.521. The second kappa shape index (κ2) is 8.26. The number of nitrogens with zero attached hydrogens (tertiary/aromatic N) is 2. The first-order chi connectivity index (χ1) is 13.7. The average molecular weight is 406 g/mol. The third-order valence-electron chi connectivity index (χ3n) is 4.60. The van der Waals surface area contributed by atoms with Gasteiger partial charge in [-0.25, -0.2) is 19.0 Å². The van der Waals surface area contributed by atoms with Gasteiger partial charge in [-0.2, -0.15) is 0 Å². The highest BCUT2D eigenvalue weighted by Crippen LogP contribution is 2.29. The maximum absolute atomic E-state index is 14.9. The second-order valence-corrected chi connectivity index (χ2v) is 7.99. The Balaban J connectivity index is 1.78. The zero-order chi connectivity index (χ0) is 21.2. The summed E-state index contributed by atoms with van der Waals surface area (Å²) in [4.78, 5) is 33.2. The van der Waals surface area contributed by atoms with E-state index >= 15 is 0 Å². The van der Waals surface area contributed by atoms with Crippen molar-refractivity contribution in [3.05, 3.63) is 24.0 Å². The van der Waals surface area contributed by atoms with E-state index in [0.29, 0.717) is 29.7 Å². The number of alkyl halides is 1. The molecule has 1 fully saturated rings. The number of aromatic amines is 1. The number of carbonyl (C=O) groups is 2. The minimum atomic E-state index is -1.33. The molecule has 0 aliphatic carbocycles. The molecule has 2 N–H and O–H groups in total. The molecule has 9 heteroatoms. The molecule has 3 heterocycles. The minimum Gasteiger partial charge on any atom is -0.462 e. The quantitative estimate of drug-likeness (QED) is 0.755. The van der Waals surface area contributed by atoms with Crippen LogP contribution in [0.25, 0.3) is 11.0 Å². The Morgan fingerprint density at radius 2 is 2.17 bits per heavy atom. The number of piperidine rings is 1. The summed E-state index contributed by atoms with van der Waals surface area (Å²) in [7, 11) is 0. The monoisotopic (exact) mass is 406 g/mol. The van der Waals surface area contributed by atoms with Crippen molar-refractivity contribution in [2.24, 2.45) is 0 Å². The number of pyridine rings is 1. The average Bonchev–Trinajstić information content (AvgIpc) is 3.11. The van der Waals surface area contributed by atoms with Crippen LogP contribution < -0.4 is 5.32 Å². The molecule has 0 spiro atoms. The number of esters is 1. The van der Waals surface area contributed by atoms with E-state index in [1.165, 1.54) is 11.1 Å². The number of amides is 1. The van der Waals surface area contributed by atoms with Crippen molar-refractivity contribution in [1.82, 2.24) is 14.9 Å². The first-order valence-electron chi connectivity index (χ1n) is 9.71. The Bertz CT molecular complexity index is 892. The predicted molar refractivity (Wildman–Crippen MR) is 107 cm³/mol. The van der Waals surface area contributed by atoms with Gasteiger partial charge < -0.3 is 24.7 Å². The van der Waals surface area contributed by atoms with Crippen LogP contribution in [0.3, 0.4) is 0 Å². The van der Waals surface area contributed by atoms with E-state index in [1.807, 2.05) is 0 Å². The Labute approximate surface area is 168 Å². The first kappa shape index (κ1) is 20.9. The summed E-state index contributed by atoms with van der Waals surface area (Å²) in [6.45, 7) is 7.53. The summed E-state index contributed by atoms with van der Waals surface area (Å²) in [5.41, 5.74) is 0.680. The molecule has 1 aliphatic heterocycles. The van der Waals surface area contributed by atoms with Gasteiger partial charge in [-0.1, -0.05) is 0 Å². The Morgan fingerprint density at radius 1 is 1.41 bits per heavy atom. The summed E-state index contributed by atoms with van der Waals surface area (Å²) >= 11 is 0. The highest BCUT2D eigenvalue weighted by Gasteiger charge is 2.34. The number of nitrogens with one attached hydrogen (secondary N) is 2. The van der Waals surface area contributed by atoms with Gasteiger partial charge in [-0.15, -0.1) is 0 Å². The molecule has 0 bridgehead atoms. The van der Waals surface area contributed by atoms with Crippen molar-refractivity contribution in [1.29, 1.82) is 0 Å². The molecule has 2 aromatic rings. The molecular formula is C20H27FN4O4. The lowest BCUT2D eigenvalue weighted by atomic mass is 10.0. The Hall–Kier alpha value is -2.84. The molecule has 29 heavy (non-hydrogen) atoms. The fourth-order valence-corrected chi connectivity index (χ4v) is 3.27. The molecule has 1 saturated heterocycles. The number of H-pyrrole nitrogens is 1. The number of hydrogen-bond acceptors (Lipinski definition) is 6. The highest BCUT2D eigenvalue weighted by atomic mass is 19.1. The van der Waals surface area contributed by atoms with Crippen LogP contribution in [0.15, 0.2) is 18.5 Å². The molecule has 0 saturated carbocycles. The molecule has 3 rings (SSSR count). The summed E-state index contributed by atoms with van der Waals surface area (Å²) in [6, 6.07) is 1.21. The van der Waals surface area contributed by atoms with E-state index in [0.717, 1.165) is 0 Å². The summed E-state index contributed by atoms with van der Waals surface area (Å²) < 4.78 is 25.4. The largest absolute Gasteiger partial charge is 0.462 e. The fourth-order valence-electron chi connectivity index (χ4n) is 3.27. The smallest absolute Gasteiger partial charge is 0.410 e. The number of likely N-dealkylation sites (tertiary alicyclic amines) is 1. The molecule has 1 amide bonds. The van der Waals surface area contributed by atoms with Gasteiger partial charge in [-0.05, 0) is 40.2 Å². The van der Waals surface area contributed by atoms with Crippen LogP contribution in [0.4, 0.5) is 14.9 Å². The maximum atomic E-state index is 14.9. The topological polar surface area (TPSA) is 96.5 Å². The minimum absolute atomic E-state index is 0.0807. The lowest BCUT2D eigenvalue weighted by Gasteiger charge is -2.36. The number of halogens is 1. The van der Waals surface area contributed by atoms with Crippen LogP contribution in [0.1, 0.15) is 44.5 Å². The molecule has 2 aromatic heterocycles. The van der Waals surface area contributed by atoms with Gasteiger partial charge in [-0.3, -0.25) is 0 Å². The number of anilines is 1. The summed E-state index contributed by atoms with van der Waals surface area (Å²) in [5, 5.41) is 3.84. The standard InChI is InChI=1S/C20H27FN4O4/c1-5-28-18(26)13-10-23-17-12(6-8-22-17)16(13)24-15-7-9-25(11-14(15)21)19(27)29-20(2,3)4/h6,8,10,14-15H,5,7,9,11H2,1-4H3,(H2,22,23,24)/t14-,15+/m0/s1. The predicted octanol–water partition coefficient (Wildman–Crippen LogP) is 3.50. The van der Waals surface area contributed by atoms with Gasteiger partial charge in [0.1, 0.15) is 23.0 Å². The summed E-state index contributed by atoms with van der Waals surface area (Å²) in [6.07, 6.45) is 1.64. The SMILES string of the molecule is CCOC(=O)c1cnc2[nH]ccc2c1N[C@@H]1CCN(C(=O)OC(C)(C)C)C[C@@H]1F. The van der Waals surface area contributed by atoms with Gasteiger partial charge in [0.25, 0.3) is 0 Å². The number of ether oxygens (including phenoxy) is 2. The lowest BCUT2D eigenvalue weighted by Crippen LogP contribution is -2.51. The zero-order valence-electron chi connectivity index (χ0n) is 17.1. The third kappa shape index (κ3) is 4.78. The van der Waals surface area contributed by atoms with Crippen molar-refractivity contribution < 1.29 is 23.5 Å². The zero-order valence-corrected chi connectivity index (χ0v) is 17.1. The van der Waals surface area contributed by atoms with Crippen LogP contribution in [-0.2, 0) is 9.47 Å². The lowest BCUT2D eigenvalue weighted by molar-refractivity contribution is 0.0125. The Kier molecular flexibility index (Phi) is 5.95. The third-order valence-corrected chi connectivity index (χ3v) is 4.60. The van der Waals surface area contributed by atoms with E-state index < -0.39 is 29.9 Å². The van der Waals surface area contributed by atoms with E-state index in [4.69, 9.17) is 9.47 Å². The van der Waals surface area contributed by atoms with Crippen LogP contribution >= 0.6 is 0 Å². The van der Waals surface area contributed by atoms with Crippen LogP contribution in [0, 0.1) is 0 Å². The van der Waals surface area contributed by atoms with Crippen molar-refractivity contribution in [3.8, 4) is 0 Å². The number of hydrogen-bond donors (Lipinski definition) is 2. The van der Waals surface area contributed by atoms with Crippen molar-refractivity contribution in [3.63, 3.8) is 0 Å². The number of carbonyl (C=O) groups excluding carboxylic acids is 2. The number of fused-ring (bicyclic) bond motifs is 1. The normalized spacial score (nSPS) is 19.8. The van der Waals surface area contributed by atoms with E-state index in [-0.39, 0.29) is 18.7 Å². The highest BCUT2D eigenvalue weighted by molar-refractivity contribution is 6.04. The second-order valence-electron chi connectivity index (χ2n) is 7.99. The van der Waals surface area contributed by atoms with Crippen LogP contribution in [0.5, 0.6) is 0 Å².